The van der Waals surface area contributed by atoms with Crippen LogP contribution in [0.15, 0.2) is 29.2 Å². The van der Waals surface area contributed by atoms with Gasteiger partial charge in [-0.3, -0.25) is 9.59 Å². The third-order valence-corrected chi connectivity index (χ3v) is 5.59. The summed E-state index contributed by atoms with van der Waals surface area (Å²) in [6.07, 6.45) is 1.09. The largest absolute Gasteiger partial charge is 0.481 e. The number of sulfonamides is 1. The summed E-state index contributed by atoms with van der Waals surface area (Å²) in [6, 6.07) is 5.92. The number of unbranched alkanes of at least 4 members (excludes halogenated alkanes) is 1. The Labute approximate surface area is 142 Å². The number of hydrogen-bond acceptors (Lipinski definition) is 4. The first kappa shape index (κ1) is 20.1. The first-order chi connectivity index (χ1) is 11.3. The summed E-state index contributed by atoms with van der Waals surface area (Å²) >= 11 is 0. The fourth-order valence-electron chi connectivity index (χ4n) is 2.22. The number of carboxylic acid groups (broad SMARTS) is 1. The number of carboxylic acids is 1. The number of nitrogens with zero attached hydrogens (tertiary/aromatic N) is 1. The van der Waals surface area contributed by atoms with Crippen molar-refractivity contribution in [3.05, 3.63) is 29.8 Å². The fourth-order valence-corrected chi connectivity index (χ4v) is 3.72. The minimum Gasteiger partial charge on any atom is -0.481 e. The molecule has 134 valence electrons. The number of hydrogen-bond donors (Lipinski definition) is 2. The SMILES string of the molecule is CCN(CC)S(=O)(=O)c1cccc(C(=O)NCCCCC(=O)O)c1. The van der Waals surface area contributed by atoms with E-state index < -0.39 is 16.0 Å². The van der Waals surface area contributed by atoms with E-state index >= 15 is 0 Å². The lowest BCUT2D eigenvalue weighted by Gasteiger charge is -2.18. The van der Waals surface area contributed by atoms with Crippen LogP contribution in [0.1, 0.15) is 43.5 Å². The average Bonchev–Trinajstić information content (AvgIpc) is 2.55. The molecule has 0 bridgehead atoms. The van der Waals surface area contributed by atoms with Crippen molar-refractivity contribution in [3.8, 4) is 0 Å². The minimum atomic E-state index is -3.61. The normalized spacial score (nSPS) is 11.5. The maximum Gasteiger partial charge on any atom is 0.303 e. The van der Waals surface area contributed by atoms with E-state index in [-0.39, 0.29) is 22.8 Å². The molecule has 7 nitrogen and oxygen atoms in total. The van der Waals surface area contributed by atoms with Crippen molar-refractivity contribution in [2.45, 2.75) is 38.0 Å². The molecule has 0 fully saturated rings. The van der Waals surface area contributed by atoms with Gasteiger partial charge in [0.15, 0.2) is 0 Å². The summed E-state index contributed by atoms with van der Waals surface area (Å²) in [5, 5.41) is 11.2. The fraction of sp³-hybridized carbons (Fsp3) is 0.500. The van der Waals surface area contributed by atoms with Gasteiger partial charge < -0.3 is 10.4 Å². The number of rotatable bonds is 10. The zero-order chi connectivity index (χ0) is 18.2. The van der Waals surface area contributed by atoms with Crippen molar-refractivity contribution < 1.29 is 23.1 Å². The Bertz CT molecular complexity index is 669. The van der Waals surface area contributed by atoms with Crippen LogP contribution in [0, 0.1) is 0 Å². The molecule has 0 aliphatic carbocycles. The topological polar surface area (TPSA) is 104 Å². The maximum absolute atomic E-state index is 12.5. The molecule has 0 saturated carbocycles. The highest BCUT2D eigenvalue weighted by atomic mass is 32.2. The second kappa shape index (κ2) is 9.39. The second-order valence-corrected chi connectivity index (χ2v) is 7.16. The van der Waals surface area contributed by atoms with Crippen molar-refractivity contribution >= 4 is 21.9 Å². The van der Waals surface area contributed by atoms with Crippen molar-refractivity contribution in [2.24, 2.45) is 0 Å². The predicted molar refractivity (Wildman–Crippen MR) is 90.4 cm³/mol. The van der Waals surface area contributed by atoms with E-state index in [1.165, 1.54) is 22.5 Å². The molecule has 1 rings (SSSR count). The average molecular weight is 356 g/mol. The number of amides is 1. The van der Waals surface area contributed by atoms with Crippen LogP contribution < -0.4 is 5.32 Å². The van der Waals surface area contributed by atoms with Crippen LogP contribution in [-0.4, -0.2) is 49.3 Å². The molecule has 1 aromatic carbocycles. The second-order valence-electron chi connectivity index (χ2n) is 5.22. The first-order valence-electron chi connectivity index (χ1n) is 7.93. The summed E-state index contributed by atoms with van der Waals surface area (Å²) in [4.78, 5) is 22.6. The summed E-state index contributed by atoms with van der Waals surface area (Å²) in [5.74, 6) is -1.24. The van der Waals surface area contributed by atoms with Crippen LogP contribution in [0.25, 0.3) is 0 Å². The van der Waals surface area contributed by atoms with Gasteiger partial charge in [0.25, 0.3) is 5.91 Å². The first-order valence-corrected chi connectivity index (χ1v) is 9.37. The van der Waals surface area contributed by atoms with Gasteiger partial charge in [0.1, 0.15) is 0 Å². The molecule has 1 amide bonds. The van der Waals surface area contributed by atoms with Crippen LogP contribution in [0.4, 0.5) is 0 Å². The Hall–Kier alpha value is -1.93. The number of nitrogens with one attached hydrogen (secondary N) is 1. The van der Waals surface area contributed by atoms with Gasteiger partial charge in [-0.15, -0.1) is 0 Å². The lowest BCUT2D eigenvalue weighted by Crippen LogP contribution is -2.31. The third-order valence-electron chi connectivity index (χ3n) is 3.54. The van der Waals surface area contributed by atoms with Gasteiger partial charge in [-0.05, 0) is 31.0 Å². The van der Waals surface area contributed by atoms with E-state index in [9.17, 15) is 18.0 Å². The third kappa shape index (κ3) is 5.61. The number of benzene rings is 1. The molecule has 0 aliphatic heterocycles. The van der Waals surface area contributed by atoms with Gasteiger partial charge in [0, 0.05) is 31.6 Å². The van der Waals surface area contributed by atoms with Crippen LogP contribution in [0.2, 0.25) is 0 Å². The van der Waals surface area contributed by atoms with Crippen molar-refractivity contribution in [1.82, 2.24) is 9.62 Å². The zero-order valence-corrected chi connectivity index (χ0v) is 14.8. The molecule has 0 aliphatic rings. The number of carbonyl (C=O) groups is 2. The Morgan fingerprint density at radius 3 is 2.42 bits per heavy atom. The van der Waals surface area contributed by atoms with Crippen molar-refractivity contribution in [3.63, 3.8) is 0 Å². The van der Waals surface area contributed by atoms with Gasteiger partial charge in [0.2, 0.25) is 10.0 Å². The molecule has 0 aromatic heterocycles. The predicted octanol–water partition coefficient (Wildman–Crippen LogP) is 1.70. The molecule has 0 spiro atoms. The molecular weight excluding hydrogens is 332 g/mol. The Balaban J connectivity index is 2.74. The lowest BCUT2D eigenvalue weighted by molar-refractivity contribution is -0.137. The Morgan fingerprint density at radius 2 is 1.83 bits per heavy atom. The molecule has 2 N–H and O–H groups in total. The van der Waals surface area contributed by atoms with E-state index in [2.05, 4.69) is 5.32 Å². The Kier molecular flexibility index (Phi) is 7.87. The molecule has 8 heteroatoms. The molecule has 0 unspecified atom stereocenters. The lowest BCUT2D eigenvalue weighted by atomic mass is 10.2. The highest BCUT2D eigenvalue weighted by Crippen LogP contribution is 2.17. The van der Waals surface area contributed by atoms with Gasteiger partial charge in [-0.2, -0.15) is 4.31 Å². The van der Waals surface area contributed by atoms with E-state index in [4.69, 9.17) is 5.11 Å². The van der Waals surface area contributed by atoms with Crippen LogP contribution in [0.5, 0.6) is 0 Å². The molecular formula is C16H24N2O5S. The molecule has 0 radical (unpaired) electrons. The maximum atomic E-state index is 12.5. The van der Waals surface area contributed by atoms with Crippen LogP contribution >= 0.6 is 0 Å². The van der Waals surface area contributed by atoms with E-state index in [1.807, 2.05) is 0 Å². The highest BCUT2D eigenvalue weighted by Gasteiger charge is 2.22. The molecule has 0 heterocycles. The van der Waals surface area contributed by atoms with E-state index in [1.54, 1.807) is 19.9 Å². The quantitative estimate of drug-likeness (QED) is 0.621. The summed E-state index contributed by atoms with van der Waals surface area (Å²) in [7, 11) is -3.61. The summed E-state index contributed by atoms with van der Waals surface area (Å²) < 4.78 is 26.3. The van der Waals surface area contributed by atoms with Crippen LogP contribution in [-0.2, 0) is 14.8 Å². The monoisotopic (exact) mass is 356 g/mol. The molecule has 0 saturated heterocycles. The number of carbonyl (C=O) groups excluding carboxylic acids is 1. The van der Waals surface area contributed by atoms with E-state index in [0.717, 1.165) is 0 Å². The van der Waals surface area contributed by atoms with Gasteiger partial charge in [0.05, 0.1) is 4.90 Å². The summed E-state index contributed by atoms with van der Waals surface area (Å²) in [5.41, 5.74) is 0.265. The zero-order valence-electron chi connectivity index (χ0n) is 14.0. The number of aliphatic carboxylic acids is 1. The van der Waals surface area contributed by atoms with Gasteiger partial charge >= 0.3 is 5.97 Å². The standard InChI is InChI=1S/C16H24N2O5S/c1-3-18(4-2)24(22,23)14-9-7-8-13(12-14)16(21)17-11-6-5-10-15(19)20/h7-9,12H,3-6,10-11H2,1-2H3,(H,17,21)(H,19,20). The van der Waals surface area contributed by atoms with Crippen molar-refractivity contribution in [2.75, 3.05) is 19.6 Å². The van der Waals surface area contributed by atoms with Gasteiger partial charge in [-0.25, -0.2) is 8.42 Å². The van der Waals surface area contributed by atoms with Crippen molar-refractivity contribution in [1.29, 1.82) is 0 Å². The molecule has 24 heavy (non-hydrogen) atoms. The van der Waals surface area contributed by atoms with E-state index in [0.29, 0.717) is 32.5 Å². The molecule has 1 aromatic rings. The van der Waals surface area contributed by atoms with Crippen LogP contribution in [0.3, 0.4) is 0 Å². The highest BCUT2D eigenvalue weighted by molar-refractivity contribution is 7.89. The van der Waals surface area contributed by atoms with Gasteiger partial charge in [-0.1, -0.05) is 19.9 Å². The smallest absolute Gasteiger partial charge is 0.303 e. The summed E-state index contributed by atoms with van der Waals surface area (Å²) in [6.45, 7) is 4.58. The molecule has 0 atom stereocenters. The minimum absolute atomic E-state index is 0.0630. The Morgan fingerprint density at radius 1 is 1.17 bits per heavy atom.